The third-order valence-electron chi connectivity index (χ3n) is 3.60. The highest BCUT2D eigenvalue weighted by atomic mass is 35.5. The molecular formula is C12H18ClN3O2S. The lowest BCUT2D eigenvalue weighted by molar-refractivity contribution is 0.537. The fourth-order valence-corrected chi connectivity index (χ4v) is 3.35. The van der Waals surface area contributed by atoms with Crippen LogP contribution in [0.3, 0.4) is 0 Å². The molecule has 0 aromatic carbocycles. The van der Waals surface area contributed by atoms with Gasteiger partial charge in [-0.25, -0.2) is 18.1 Å². The Labute approximate surface area is 118 Å². The van der Waals surface area contributed by atoms with Gasteiger partial charge in [0.15, 0.2) is 0 Å². The Morgan fingerprint density at radius 2 is 2.16 bits per heavy atom. The van der Waals surface area contributed by atoms with E-state index in [4.69, 9.17) is 11.6 Å². The number of halogens is 1. The molecule has 1 saturated carbocycles. The van der Waals surface area contributed by atoms with Crippen molar-refractivity contribution in [1.82, 2.24) is 9.71 Å². The molecule has 1 aromatic heterocycles. The second-order valence-corrected chi connectivity index (χ2v) is 7.67. The first-order valence-corrected chi connectivity index (χ1v) is 7.95. The van der Waals surface area contributed by atoms with Gasteiger partial charge in [0, 0.05) is 19.8 Å². The normalized spacial score (nSPS) is 21.2. The van der Waals surface area contributed by atoms with Crippen LogP contribution in [0.2, 0.25) is 5.02 Å². The molecule has 1 fully saturated rings. The van der Waals surface area contributed by atoms with Crippen molar-refractivity contribution in [2.45, 2.75) is 25.2 Å². The monoisotopic (exact) mass is 303 g/mol. The van der Waals surface area contributed by atoms with Gasteiger partial charge in [-0.2, -0.15) is 0 Å². The maximum atomic E-state index is 12.1. The minimum absolute atomic E-state index is 0.0926. The Hall–Kier alpha value is -0.850. The molecule has 1 unspecified atom stereocenters. The van der Waals surface area contributed by atoms with Gasteiger partial charge < -0.3 is 5.32 Å². The predicted octanol–water partition coefficient (Wildman–Crippen LogP) is 2.10. The third-order valence-corrected chi connectivity index (χ3v) is 5.28. The number of nitrogens with zero attached hydrogens (tertiary/aromatic N) is 1. The third kappa shape index (κ3) is 3.19. The Bertz CT molecular complexity index is 587. The van der Waals surface area contributed by atoms with Crippen LogP contribution in [0.25, 0.3) is 0 Å². The lowest BCUT2D eigenvalue weighted by atomic mass is 10.1. The number of hydrogen-bond acceptors (Lipinski definition) is 4. The van der Waals surface area contributed by atoms with E-state index in [-0.39, 0.29) is 15.3 Å². The molecule has 0 spiro atoms. The van der Waals surface area contributed by atoms with Crippen LogP contribution in [0.5, 0.6) is 0 Å². The minimum atomic E-state index is -3.54. The molecule has 2 N–H and O–H groups in total. The summed E-state index contributed by atoms with van der Waals surface area (Å²) in [5.41, 5.74) is 0.244. The number of anilines is 1. The molecule has 0 bridgehead atoms. The number of hydrogen-bond donors (Lipinski definition) is 2. The number of nitrogens with one attached hydrogen (secondary N) is 2. The van der Waals surface area contributed by atoms with Crippen LogP contribution < -0.4 is 10.0 Å². The zero-order valence-corrected chi connectivity index (χ0v) is 12.8. The van der Waals surface area contributed by atoms with Gasteiger partial charge in [-0.3, -0.25) is 0 Å². The summed E-state index contributed by atoms with van der Waals surface area (Å²) in [7, 11) is -1.86. The summed E-state index contributed by atoms with van der Waals surface area (Å²) in [6.07, 6.45) is 2.35. The van der Waals surface area contributed by atoms with Gasteiger partial charge in [-0.1, -0.05) is 25.4 Å². The molecule has 106 valence electrons. The summed E-state index contributed by atoms with van der Waals surface area (Å²) >= 11 is 5.94. The lowest BCUT2D eigenvalue weighted by Crippen LogP contribution is -2.27. The smallest absolute Gasteiger partial charge is 0.242 e. The minimum Gasteiger partial charge on any atom is -0.372 e. The van der Waals surface area contributed by atoms with E-state index in [9.17, 15) is 8.42 Å². The van der Waals surface area contributed by atoms with Gasteiger partial charge in [0.1, 0.15) is 10.7 Å². The van der Waals surface area contributed by atoms with Crippen molar-refractivity contribution in [3.8, 4) is 0 Å². The van der Waals surface area contributed by atoms with Crippen molar-refractivity contribution in [3.05, 3.63) is 17.3 Å². The summed E-state index contributed by atoms with van der Waals surface area (Å²) in [5, 5.41) is 3.08. The van der Waals surface area contributed by atoms with Crippen molar-refractivity contribution in [2.75, 3.05) is 18.9 Å². The van der Waals surface area contributed by atoms with Crippen LogP contribution >= 0.6 is 11.6 Å². The van der Waals surface area contributed by atoms with Gasteiger partial charge in [0.25, 0.3) is 0 Å². The lowest BCUT2D eigenvalue weighted by Gasteiger charge is -2.09. The first-order chi connectivity index (χ1) is 8.76. The van der Waals surface area contributed by atoms with Gasteiger partial charge in [0.2, 0.25) is 10.0 Å². The summed E-state index contributed by atoms with van der Waals surface area (Å²) in [6.45, 7) is 4.72. The van der Waals surface area contributed by atoms with Gasteiger partial charge in [-0.15, -0.1) is 0 Å². The highest BCUT2D eigenvalue weighted by Gasteiger charge is 2.45. The van der Waals surface area contributed by atoms with E-state index in [1.54, 1.807) is 7.05 Å². The fourth-order valence-electron chi connectivity index (χ4n) is 1.97. The van der Waals surface area contributed by atoms with Gasteiger partial charge in [0.05, 0.1) is 5.02 Å². The maximum Gasteiger partial charge on any atom is 0.242 e. The molecule has 19 heavy (non-hydrogen) atoms. The quantitative estimate of drug-likeness (QED) is 0.874. The van der Waals surface area contributed by atoms with Crippen LogP contribution in [-0.2, 0) is 10.0 Å². The largest absolute Gasteiger partial charge is 0.372 e. The van der Waals surface area contributed by atoms with E-state index in [2.05, 4.69) is 28.9 Å². The van der Waals surface area contributed by atoms with Crippen LogP contribution in [0, 0.1) is 11.3 Å². The van der Waals surface area contributed by atoms with E-state index < -0.39 is 10.0 Å². The topological polar surface area (TPSA) is 71.1 Å². The van der Waals surface area contributed by atoms with Crippen molar-refractivity contribution in [1.29, 1.82) is 0 Å². The van der Waals surface area contributed by atoms with Crippen molar-refractivity contribution in [3.63, 3.8) is 0 Å². The Morgan fingerprint density at radius 1 is 1.53 bits per heavy atom. The Kier molecular flexibility index (Phi) is 3.77. The molecule has 1 atom stereocenters. The summed E-state index contributed by atoms with van der Waals surface area (Å²) in [5.74, 6) is 0.867. The zero-order chi connectivity index (χ0) is 14.3. The highest BCUT2D eigenvalue weighted by molar-refractivity contribution is 7.89. The molecule has 1 aliphatic carbocycles. The first kappa shape index (κ1) is 14.6. The van der Waals surface area contributed by atoms with E-state index in [0.29, 0.717) is 18.3 Å². The molecule has 5 nitrogen and oxygen atoms in total. The number of pyridine rings is 1. The number of sulfonamides is 1. The molecule has 2 rings (SSSR count). The standard InChI is InChI=1S/C12H18ClN3O2S/c1-12(2)5-8(12)6-16-19(17,18)9-4-10(13)11(14-3)15-7-9/h4,7-8,16H,5-6H2,1-3H3,(H,14,15). The number of aromatic nitrogens is 1. The van der Waals surface area contributed by atoms with Crippen molar-refractivity contribution < 1.29 is 8.42 Å². The molecular weight excluding hydrogens is 286 g/mol. The fraction of sp³-hybridized carbons (Fsp3) is 0.583. The number of rotatable bonds is 5. The molecule has 1 aromatic rings. The second-order valence-electron chi connectivity index (χ2n) is 5.49. The zero-order valence-electron chi connectivity index (χ0n) is 11.2. The summed E-state index contributed by atoms with van der Waals surface area (Å²) in [4.78, 5) is 4.06. The molecule has 0 aliphatic heterocycles. The maximum absolute atomic E-state index is 12.1. The Morgan fingerprint density at radius 3 is 2.63 bits per heavy atom. The molecule has 7 heteroatoms. The van der Waals surface area contributed by atoms with E-state index in [1.807, 2.05) is 0 Å². The summed E-state index contributed by atoms with van der Waals surface area (Å²) in [6, 6.07) is 1.40. The Balaban J connectivity index is 2.09. The van der Waals surface area contributed by atoms with Crippen LogP contribution in [0.15, 0.2) is 17.2 Å². The van der Waals surface area contributed by atoms with Crippen LogP contribution in [0.4, 0.5) is 5.82 Å². The molecule has 0 amide bonds. The highest BCUT2D eigenvalue weighted by Crippen LogP contribution is 2.51. The predicted molar refractivity (Wildman–Crippen MR) is 75.9 cm³/mol. The van der Waals surface area contributed by atoms with Gasteiger partial charge >= 0.3 is 0 Å². The SMILES string of the molecule is CNc1ncc(S(=O)(=O)NCC2CC2(C)C)cc1Cl. The average Bonchev–Trinajstić information content (AvgIpc) is 2.95. The first-order valence-electron chi connectivity index (χ1n) is 6.09. The molecule has 1 heterocycles. The molecule has 0 saturated heterocycles. The van der Waals surface area contributed by atoms with Crippen LogP contribution in [-0.4, -0.2) is 27.0 Å². The van der Waals surface area contributed by atoms with E-state index >= 15 is 0 Å². The summed E-state index contributed by atoms with van der Waals surface area (Å²) < 4.78 is 26.8. The molecule has 0 radical (unpaired) electrons. The van der Waals surface area contributed by atoms with Gasteiger partial charge in [-0.05, 0) is 23.8 Å². The van der Waals surface area contributed by atoms with Crippen molar-refractivity contribution >= 4 is 27.4 Å². The van der Waals surface area contributed by atoms with Crippen LogP contribution in [0.1, 0.15) is 20.3 Å². The molecule has 1 aliphatic rings. The van der Waals surface area contributed by atoms with E-state index in [0.717, 1.165) is 6.42 Å². The van der Waals surface area contributed by atoms with E-state index in [1.165, 1.54) is 12.3 Å². The second kappa shape index (κ2) is 4.92. The van der Waals surface area contributed by atoms with Crippen molar-refractivity contribution in [2.24, 2.45) is 11.3 Å². The average molecular weight is 304 g/mol.